The van der Waals surface area contributed by atoms with E-state index in [1.807, 2.05) is 0 Å². The van der Waals surface area contributed by atoms with Crippen LogP contribution in [0.4, 0.5) is 0 Å². The highest BCUT2D eigenvalue weighted by Gasteiger charge is 2.29. The van der Waals surface area contributed by atoms with E-state index in [2.05, 4.69) is 34.6 Å². The van der Waals surface area contributed by atoms with Gasteiger partial charge < -0.3 is 4.55 Å². The molecule has 0 amide bonds. The Labute approximate surface area is 226 Å². The van der Waals surface area contributed by atoms with Crippen LogP contribution in [0.1, 0.15) is 136 Å². The van der Waals surface area contributed by atoms with Crippen LogP contribution in [0.2, 0.25) is 0 Å². The van der Waals surface area contributed by atoms with Crippen LogP contribution < -0.4 is 0 Å². The van der Waals surface area contributed by atoms with Gasteiger partial charge in [-0.2, -0.15) is 0 Å². The first-order valence-electron chi connectivity index (χ1n) is 15.2. The van der Waals surface area contributed by atoms with Crippen molar-refractivity contribution in [2.75, 3.05) is 24.6 Å². The van der Waals surface area contributed by atoms with E-state index >= 15 is 0 Å². The van der Waals surface area contributed by atoms with Gasteiger partial charge in [-0.15, -0.1) is 0 Å². The van der Waals surface area contributed by atoms with Crippen LogP contribution >= 0.6 is 7.26 Å². The van der Waals surface area contributed by atoms with Crippen molar-refractivity contribution in [3.8, 4) is 0 Å². The Morgan fingerprint density at radius 3 is 1.44 bits per heavy atom. The second kappa shape index (κ2) is 22.5. The molecule has 0 radical (unpaired) electrons. The third-order valence-electron chi connectivity index (χ3n) is 7.79. The maximum atomic E-state index is 11.2. The monoisotopic (exact) mass is 542 g/mol. The first-order valence-corrected chi connectivity index (χ1v) is 19.1. The third kappa shape index (κ3) is 17.1. The molecular weight excluding hydrogens is 483 g/mol. The summed E-state index contributed by atoms with van der Waals surface area (Å²) in [5.41, 5.74) is 0.667. The van der Waals surface area contributed by atoms with Gasteiger partial charge in [-0.05, 0) is 51.7 Å². The minimum atomic E-state index is -4.35. The topological polar surface area (TPSA) is 57.2 Å². The largest absolute Gasteiger partial charge is 0.744 e. The lowest BCUT2D eigenvalue weighted by atomic mass is 10.0. The standard InChI is InChI=1S/C21H36O3S.C10H24P/c1-2-3-4-5-6-7-8-9-10-11-12-13-14-17-20-18-15-16-19-21(20)25(22,23)24;1-5-9-10-11(6-2,7-3)8-4/h15-16,18-19H,2-14,17H2,1H3,(H,22,23,24);5-10H2,1-4H3/q;+1/p-1. The molecule has 0 heterocycles. The van der Waals surface area contributed by atoms with Crippen molar-refractivity contribution in [2.24, 2.45) is 0 Å². The molecule has 0 aromatic heterocycles. The summed E-state index contributed by atoms with van der Waals surface area (Å²) in [5.74, 6) is 0. The first-order chi connectivity index (χ1) is 17.3. The second-order valence-corrected chi connectivity index (χ2v) is 16.8. The van der Waals surface area contributed by atoms with E-state index < -0.39 is 17.4 Å². The second-order valence-electron chi connectivity index (χ2n) is 10.4. The molecule has 0 saturated heterocycles. The van der Waals surface area contributed by atoms with Gasteiger partial charge in [0.25, 0.3) is 0 Å². The van der Waals surface area contributed by atoms with Gasteiger partial charge in [0.2, 0.25) is 0 Å². The summed E-state index contributed by atoms with van der Waals surface area (Å²) in [6.07, 6.45) is 26.3. The molecule has 1 aromatic rings. The average molecular weight is 543 g/mol. The lowest BCUT2D eigenvalue weighted by Gasteiger charge is -2.23. The summed E-state index contributed by atoms with van der Waals surface area (Å²) >= 11 is 0. The summed E-state index contributed by atoms with van der Waals surface area (Å²) in [6, 6.07) is 6.58. The Morgan fingerprint density at radius 2 is 1.03 bits per heavy atom. The zero-order chi connectivity index (χ0) is 27.1. The number of benzene rings is 1. The molecule has 0 unspecified atom stereocenters. The Balaban J connectivity index is 0.000000935. The van der Waals surface area contributed by atoms with Gasteiger partial charge >= 0.3 is 0 Å². The zero-order valence-electron chi connectivity index (χ0n) is 24.5. The van der Waals surface area contributed by atoms with Crippen LogP contribution in [0, 0.1) is 0 Å². The molecule has 0 aliphatic carbocycles. The molecule has 3 nitrogen and oxygen atoms in total. The van der Waals surface area contributed by atoms with Crippen LogP contribution in [0.5, 0.6) is 0 Å². The average Bonchev–Trinajstić information content (AvgIpc) is 2.88. The maximum Gasteiger partial charge on any atom is 0.124 e. The molecule has 5 heteroatoms. The Bertz CT molecular complexity index is 721. The minimum absolute atomic E-state index is 0.0473. The summed E-state index contributed by atoms with van der Waals surface area (Å²) in [5, 5.41) is 0. The number of hydrogen-bond donors (Lipinski definition) is 0. The molecular formula is C31H59O3PS. The molecule has 0 N–H and O–H groups in total. The SMILES string of the molecule is CCCCCCCCCCCCCCCc1ccccc1S(=O)(=O)[O-].CCCC[P+](CC)(CC)CC. The van der Waals surface area contributed by atoms with Gasteiger partial charge in [0.15, 0.2) is 0 Å². The number of rotatable bonds is 21. The highest BCUT2D eigenvalue weighted by Crippen LogP contribution is 2.58. The molecule has 1 aromatic carbocycles. The van der Waals surface area contributed by atoms with E-state index in [0.29, 0.717) is 12.0 Å². The smallest absolute Gasteiger partial charge is 0.124 e. The molecule has 212 valence electrons. The number of aryl methyl sites for hydroxylation is 1. The van der Waals surface area contributed by atoms with Crippen LogP contribution in [-0.2, 0) is 16.5 Å². The Hall–Kier alpha value is -0.440. The zero-order valence-corrected chi connectivity index (χ0v) is 26.2. The molecule has 0 saturated carbocycles. The lowest BCUT2D eigenvalue weighted by Crippen LogP contribution is -2.06. The molecule has 0 spiro atoms. The maximum absolute atomic E-state index is 11.2. The van der Waals surface area contributed by atoms with E-state index in [0.717, 1.165) is 12.8 Å². The van der Waals surface area contributed by atoms with E-state index in [9.17, 15) is 13.0 Å². The van der Waals surface area contributed by atoms with Crippen molar-refractivity contribution in [1.82, 2.24) is 0 Å². The molecule has 0 fully saturated rings. The van der Waals surface area contributed by atoms with Crippen molar-refractivity contribution in [2.45, 2.75) is 142 Å². The third-order valence-corrected chi connectivity index (χ3v) is 14.0. The quantitative estimate of drug-likeness (QED) is 0.0882. The molecule has 0 aliphatic rings. The van der Waals surface area contributed by atoms with E-state index in [4.69, 9.17) is 0 Å². The fourth-order valence-electron chi connectivity index (χ4n) is 4.93. The molecule has 0 aliphatic heterocycles. The van der Waals surface area contributed by atoms with Crippen molar-refractivity contribution in [3.63, 3.8) is 0 Å². The van der Waals surface area contributed by atoms with E-state index in [1.54, 1.807) is 24.4 Å². The lowest BCUT2D eigenvalue weighted by molar-refractivity contribution is 0.461. The summed E-state index contributed by atoms with van der Waals surface area (Å²) < 4.78 is 33.7. The number of hydrogen-bond acceptors (Lipinski definition) is 3. The Morgan fingerprint density at radius 1 is 0.611 bits per heavy atom. The van der Waals surface area contributed by atoms with E-state index in [1.165, 1.54) is 108 Å². The van der Waals surface area contributed by atoms with Crippen LogP contribution in [0.3, 0.4) is 0 Å². The van der Waals surface area contributed by atoms with Crippen molar-refractivity contribution in [1.29, 1.82) is 0 Å². The van der Waals surface area contributed by atoms with Crippen LogP contribution in [-0.4, -0.2) is 37.6 Å². The van der Waals surface area contributed by atoms with Gasteiger partial charge in [-0.1, -0.05) is 116 Å². The highest BCUT2D eigenvalue weighted by molar-refractivity contribution is 7.85. The van der Waals surface area contributed by atoms with Gasteiger partial charge in [-0.3, -0.25) is 0 Å². The minimum Gasteiger partial charge on any atom is -0.744 e. The van der Waals surface area contributed by atoms with Crippen molar-refractivity contribution < 1.29 is 13.0 Å². The fraction of sp³-hybridized carbons (Fsp3) is 0.806. The summed E-state index contributed by atoms with van der Waals surface area (Å²) in [4.78, 5) is -0.0473. The molecule has 36 heavy (non-hydrogen) atoms. The van der Waals surface area contributed by atoms with Crippen LogP contribution in [0.15, 0.2) is 29.2 Å². The summed E-state index contributed by atoms with van der Waals surface area (Å²) in [7, 11) is -4.81. The van der Waals surface area contributed by atoms with Gasteiger partial charge in [0.05, 0.1) is 29.5 Å². The van der Waals surface area contributed by atoms with Crippen molar-refractivity contribution in [3.05, 3.63) is 29.8 Å². The predicted molar refractivity (Wildman–Crippen MR) is 162 cm³/mol. The predicted octanol–water partition coefficient (Wildman–Crippen LogP) is 10.1. The van der Waals surface area contributed by atoms with Crippen LogP contribution in [0.25, 0.3) is 0 Å². The Kier molecular flexibility index (Phi) is 22.3. The van der Waals surface area contributed by atoms with Gasteiger partial charge in [-0.25, -0.2) is 8.42 Å². The van der Waals surface area contributed by atoms with Crippen molar-refractivity contribution >= 4 is 17.4 Å². The molecule has 1 rings (SSSR count). The fourth-order valence-corrected chi connectivity index (χ4v) is 8.94. The first kappa shape index (κ1) is 35.6. The number of unbranched alkanes of at least 4 members (excludes halogenated alkanes) is 13. The van der Waals surface area contributed by atoms with E-state index in [-0.39, 0.29) is 4.90 Å². The normalized spacial score (nSPS) is 11.8. The molecule has 0 bridgehead atoms. The van der Waals surface area contributed by atoms with Gasteiger partial charge in [0, 0.05) is 7.26 Å². The highest BCUT2D eigenvalue weighted by atomic mass is 32.2. The van der Waals surface area contributed by atoms with Gasteiger partial charge in [0.1, 0.15) is 10.1 Å². The summed E-state index contributed by atoms with van der Waals surface area (Å²) in [6.45, 7) is 11.7. The molecule has 0 atom stereocenters.